The summed E-state index contributed by atoms with van der Waals surface area (Å²) in [6.07, 6.45) is 0. The number of nitrogens with one attached hydrogen (secondary N) is 1. The number of amides is 1. The smallest absolute Gasteiger partial charge is 0.231 e. The number of benzene rings is 1. The molecule has 0 aliphatic heterocycles. The lowest BCUT2D eigenvalue weighted by molar-refractivity contribution is -0.117. The number of halogens is 3. The molecule has 2 rings (SSSR count). The summed E-state index contributed by atoms with van der Waals surface area (Å²) < 4.78 is 5.08. The fourth-order valence-electron chi connectivity index (χ4n) is 2.10. The van der Waals surface area contributed by atoms with Crippen molar-refractivity contribution < 1.29 is 9.32 Å². The summed E-state index contributed by atoms with van der Waals surface area (Å²) in [5.41, 5.74) is 1.87. The third-order valence-corrected chi connectivity index (χ3v) is 4.22. The normalized spacial score (nSPS) is 12.3. The van der Waals surface area contributed by atoms with Crippen LogP contribution in [-0.2, 0) is 4.79 Å². The number of anilines is 1. The van der Waals surface area contributed by atoms with Gasteiger partial charge in [0.2, 0.25) is 5.91 Å². The molecule has 0 bridgehead atoms. The predicted molar refractivity (Wildman–Crippen MR) is 84.5 cm³/mol. The standard InChI is InChI=1S/C14H13Cl3N2O2/c1-6(13-7(2)19-21-8(13)3)14(20)18-12-5-10(16)9(15)4-11(12)17/h4-6H,1-3H3,(H,18,20)/t6-/m1/s1. The third kappa shape index (κ3) is 3.34. The molecule has 1 N–H and O–H groups in total. The van der Waals surface area contributed by atoms with Gasteiger partial charge in [0.15, 0.2) is 0 Å². The van der Waals surface area contributed by atoms with Gasteiger partial charge >= 0.3 is 0 Å². The van der Waals surface area contributed by atoms with Gasteiger partial charge in [-0.1, -0.05) is 40.0 Å². The van der Waals surface area contributed by atoms with Crippen LogP contribution in [0.1, 0.15) is 29.9 Å². The van der Waals surface area contributed by atoms with E-state index in [9.17, 15) is 4.79 Å². The molecule has 1 heterocycles. The van der Waals surface area contributed by atoms with Crippen molar-refractivity contribution in [2.24, 2.45) is 0 Å². The summed E-state index contributed by atoms with van der Waals surface area (Å²) in [5.74, 6) is -0.0400. The van der Waals surface area contributed by atoms with Gasteiger partial charge in [0, 0.05) is 5.56 Å². The van der Waals surface area contributed by atoms with Gasteiger partial charge in [0.1, 0.15) is 5.76 Å². The quantitative estimate of drug-likeness (QED) is 0.795. The lowest BCUT2D eigenvalue weighted by Crippen LogP contribution is -2.20. The average Bonchev–Trinajstić information content (AvgIpc) is 2.74. The van der Waals surface area contributed by atoms with Crippen LogP contribution in [0.25, 0.3) is 0 Å². The van der Waals surface area contributed by atoms with Crippen LogP contribution >= 0.6 is 34.8 Å². The molecular weight excluding hydrogens is 335 g/mol. The number of aryl methyl sites for hydroxylation is 2. The topological polar surface area (TPSA) is 55.1 Å². The first-order chi connectivity index (χ1) is 9.81. The molecule has 0 fully saturated rings. The summed E-state index contributed by atoms with van der Waals surface area (Å²) in [7, 11) is 0. The summed E-state index contributed by atoms with van der Waals surface area (Å²) in [6, 6.07) is 3.01. The molecule has 0 unspecified atom stereocenters. The minimum atomic E-state index is -0.429. The van der Waals surface area contributed by atoms with Crippen molar-refractivity contribution in [1.82, 2.24) is 5.16 Å². The monoisotopic (exact) mass is 346 g/mol. The Morgan fingerprint density at radius 2 is 1.81 bits per heavy atom. The number of aromatic nitrogens is 1. The highest BCUT2D eigenvalue weighted by Gasteiger charge is 2.23. The maximum Gasteiger partial charge on any atom is 0.231 e. The molecule has 2 aromatic rings. The molecular formula is C14H13Cl3N2O2. The molecule has 0 saturated heterocycles. The summed E-state index contributed by atoms with van der Waals surface area (Å²) >= 11 is 17.8. The van der Waals surface area contributed by atoms with E-state index in [1.165, 1.54) is 12.1 Å². The largest absolute Gasteiger partial charge is 0.361 e. The van der Waals surface area contributed by atoms with Crippen molar-refractivity contribution >= 4 is 46.4 Å². The van der Waals surface area contributed by atoms with E-state index in [1.807, 2.05) is 0 Å². The van der Waals surface area contributed by atoms with Crippen LogP contribution < -0.4 is 5.32 Å². The van der Waals surface area contributed by atoms with Gasteiger partial charge in [0.05, 0.1) is 32.4 Å². The number of rotatable bonds is 3. The molecule has 0 radical (unpaired) electrons. The summed E-state index contributed by atoms with van der Waals surface area (Å²) in [4.78, 5) is 12.3. The second kappa shape index (κ2) is 6.26. The fourth-order valence-corrected chi connectivity index (χ4v) is 2.69. The van der Waals surface area contributed by atoms with E-state index < -0.39 is 5.92 Å². The zero-order valence-corrected chi connectivity index (χ0v) is 13.9. The molecule has 1 amide bonds. The first kappa shape index (κ1) is 16.1. The Balaban J connectivity index is 2.24. The lowest BCUT2D eigenvalue weighted by Gasteiger charge is -2.13. The molecule has 4 nitrogen and oxygen atoms in total. The van der Waals surface area contributed by atoms with Crippen molar-refractivity contribution in [1.29, 1.82) is 0 Å². The Labute approximate surface area is 137 Å². The Hall–Kier alpha value is -1.23. The molecule has 7 heteroatoms. The van der Waals surface area contributed by atoms with Crippen molar-refractivity contribution in [3.8, 4) is 0 Å². The molecule has 1 atom stereocenters. The van der Waals surface area contributed by atoms with Crippen LogP contribution in [0.15, 0.2) is 16.7 Å². The zero-order valence-electron chi connectivity index (χ0n) is 11.6. The van der Waals surface area contributed by atoms with Crippen LogP contribution in [0, 0.1) is 13.8 Å². The van der Waals surface area contributed by atoms with Crippen LogP contribution in [0.4, 0.5) is 5.69 Å². The number of hydrogen-bond donors (Lipinski definition) is 1. The Kier molecular flexibility index (Phi) is 4.81. The van der Waals surface area contributed by atoms with Gasteiger partial charge in [0.25, 0.3) is 0 Å². The van der Waals surface area contributed by atoms with Gasteiger partial charge in [-0.05, 0) is 32.9 Å². The van der Waals surface area contributed by atoms with Gasteiger partial charge in [-0.3, -0.25) is 4.79 Å². The molecule has 21 heavy (non-hydrogen) atoms. The summed E-state index contributed by atoms with van der Waals surface area (Å²) in [5, 5.41) is 7.56. The minimum Gasteiger partial charge on any atom is -0.361 e. The van der Waals surface area contributed by atoms with Gasteiger partial charge in [-0.15, -0.1) is 0 Å². The molecule has 112 valence electrons. The highest BCUT2D eigenvalue weighted by Crippen LogP contribution is 2.33. The second-order valence-electron chi connectivity index (χ2n) is 4.69. The molecule has 0 aliphatic rings. The fraction of sp³-hybridized carbons (Fsp3) is 0.286. The van der Waals surface area contributed by atoms with E-state index in [0.717, 1.165) is 5.56 Å². The Morgan fingerprint density at radius 1 is 1.19 bits per heavy atom. The number of nitrogens with zero attached hydrogens (tertiary/aromatic N) is 1. The van der Waals surface area contributed by atoms with E-state index in [1.54, 1.807) is 20.8 Å². The van der Waals surface area contributed by atoms with E-state index in [0.29, 0.717) is 32.2 Å². The summed E-state index contributed by atoms with van der Waals surface area (Å²) in [6.45, 7) is 5.33. The Morgan fingerprint density at radius 3 is 2.38 bits per heavy atom. The highest BCUT2D eigenvalue weighted by molar-refractivity contribution is 6.44. The average molecular weight is 348 g/mol. The van der Waals surface area contributed by atoms with Crippen molar-refractivity contribution in [2.45, 2.75) is 26.7 Å². The van der Waals surface area contributed by atoms with E-state index in [2.05, 4.69) is 10.5 Å². The van der Waals surface area contributed by atoms with Crippen LogP contribution in [-0.4, -0.2) is 11.1 Å². The first-order valence-electron chi connectivity index (χ1n) is 6.19. The molecule has 1 aromatic heterocycles. The highest BCUT2D eigenvalue weighted by atomic mass is 35.5. The van der Waals surface area contributed by atoms with Gasteiger partial charge < -0.3 is 9.84 Å². The molecule has 0 aliphatic carbocycles. The Bertz CT molecular complexity index is 678. The van der Waals surface area contributed by atoms with Crippen LogP contribution in [0.2, 0.25) is 15.1 Å². The van der Waals surface area contributed by atoms with E-state index in [4.69, 9.17) is 39.3 Å². The van der Waals surface area contributed by atoms with Crippen molar-refractivity contribution in [3.05, 3.63) is 44.2 Å². The third-order valence-electron chi connectivity index (χ3n) is 3.18. The zero-order chi connectivity index (χ0) is 15.7. The molecule has 1 aromatic carbocycles. The molecule has 0 saturated carbocycles. The van der Waals surface area contributed by atoms with Crippen LogP contribution in [0.3, 0.4) is 0 Å². The van der Waals surface area contributed by atoms with E-state index >= 15 is 0 Å². The van der Waals surface area contributed by atoms with Crippen molar-refractivity contribution in [3.63, 3.8) is 0 Å². The van der Waals surface area contributed by atoms with Crippen LogP contribution in [0.5, 0.6) is 0 Å². The van der Waals surface area contributed by atoms with Gasteiger partial charge in [-0.25, -0.2) is 0 Å². The number of carbonyl (C=O) groups is 1. The maximum absolute atomic E-state index is 12.3. The SMILES string of the molecule is Cc1noc(C)c1[C@@H](C)C(=O)Nc1cc(Cl)c(Cl)cc1Cl. The number of hydrogen-bond acceptors (Lipinski definition) is 3. The first-order valence-corrected chi connectivity index (χ1v) is 7.32. The maximum atomic E-state index is 12.3. The van der Waals surface area contributed by atoms with Gasteiger partial charge in [-0.2, -0.15) is 0 Å². The van der Waals surface area contributed by atoms with Crippen molar-refractivity contribution in [2.75, 3.05) is 5.32 Å². The van der Waals surface area contributed by atoms with E-state index in [-0.39, 0.29) is 5.91 Å². The molecule has 0 spiro atoms. The lowest BCUT2D eigenvalue weighted by atomic mass is 9.98. The number of carbonyl (C=O) groups excluding carboxylic acids is 1. The second-order valence-corrected chi connectivity index (χ2v) is 5.92. The minimum absolute atomic E-state index is 0.232. The predicted octanol–water partition coefficient (Wildman–Crippen LogP) is 4.99.